The van der Waals surface area contributed by atoms with E-state index in [2.05, 4.69) is 13.8 Å². The largest absolute Gasteiger partial charge is 0.329 e. The Hall–Kier alpha value is -3.80. The fraction of sp³-hybridized carbons (Fsp3) is 0.276. The number of benzene rings is 3. The second kappa shape index (κ2) is 10.6. The van der Waals surface area contributed by atoms with Crippen LogP contribution in [0.25, 0.3) is 16.6 Å². The first-order chi connectivity index (χ1) is 16.9. The molecule has 180 valence electrons. The van der Waals surface area contributed by atoms with Crippen LogP contribution in [0.15, 0.2) is 77.6 Å². The number of para-hydroxylation sites is 1. The van der Waals surface area contributed by atoms with E-state index in [4.69, 9.17) is 4.98 Å². The number of carbonyl (C=O) groups excluding carboxylic acids is 1. The number of aryl methyl sites for hydroxylation is 1. The Labute approximate surface area is 204 Å². The van der Waals surface area contributed by atoms with E-state index in [1.54, 1.807) is 35.2 Å². The summed E-state index contributed by atoms with van der Waals surface area (Å²) in [6.45, 7) is 6.57. The number of rotatable bonds is 8. The number of hydrogen-bond donors (Lipinski definition) is 0. The average molecular weight is 472 g/mol. The van der Waals surface area contributed by atoms with Gasteiger partial charge in [-0.15, -0.1) is 0 Å². The van der Waals surface area contributed by atoms with Crippen LogP contribution in [0, 0.1) is 5.82 Å². The SMILES string of the molecule is CCCCN(C(=O)c1ccc(CC)cc1)C(C)c1nc2ccccc2c(=O)n1-c1ccc(F)cc1. The molecule has 4 rings (SSSR count). The average Bonchev–Trinajstić information content (AvgIpc) is 2.89. The van der Waals surface area contributed by atoms with Gasteiger partial charge < -0.3 is 4.90 Å². The molecule has 0 aliphatic heterocycles. The minimum absolute atomic E-state index is 0.110. The van der Waals surface area contributed by atoms with Crippen LogP contribution in [0.2, 0.25) is 0 Å². The van der Waals surface area contributed by atoms with E-state index in [0.717, 1.165) is 24.8 Å². The topological polar surface area (TPSA) is 55.2 Å². The second-order valence-corrected chi connectivity index (χ2v) is 8.68. The summed E-state index contributed by atoms with van der Waals surface area (Å²) in [5.74, 6) is -0.0583. The molecule has 6 heteroatoms. The summed E-state index contributed by atoms with van der Waals surface area (Å²) in [7, 11) is 0. The van der Waals surface area contributed by atoms with Crippen molar-refractivity contribution in [1.29, 1.82) is 0 Å². The fourth-order valence-corrected chi connectivity index (χ4v) is 4.26. The van der Waals surface area contributed by atoms with Gasteiger partial charge in [-0.25, -0.2) is 9.37 Å². The van der Waals surface area contributed by atoms with E-state index in [1.165, 1.54) is 16.7 Å². The quantitative estimate of drug-likeness (QED) is 0.312. The van der Waals surface area contributed by atoms with Crippen molar-refractivity contribution in [2.45, 2.75) is 46.1 Å². The van der Waals surface area contributed by atoms with E-state index in [0.29, 0.717) is 34.5 Å². The molecule has 0 spiro atoms. The highest BCUT2D eigenvalue weighted by Crippen LogP contribution is 2.25. The Bertz CT molecular complexity index is 1380. The summed E-state index contributed by atoms with van der Waals surface area (Å²) >= 11 is 0. The van der Waals surface area contributed by atoms with Crippen LogP contribution in [0.4, 0.5) is 4.39 Å². The third-order valence-corrected chi connectivity index (χ3v) is 6.35. The molecule has 0 fully saturated rings. The number of amides is 1. The van der Waals surface area contributed by atoms with Crippen LogP contribution in [0.1, 0.15) is 61.4 Å². The maximum Gasteiger partial charge on any atom is 0.266 e. The molecule has 1 atom stereocenters. The summed E-state index contributed by atoms with van der Waals surface area (Å²) in [4.78, 5) is 33.9. The lowest BCUT2D eigenvalue weighted by Crippen LogP contribution is -2.38. The molecule has 0 N–H and O–H groups in total. The van der Waals surface area contributed by atoms with Crippen molar-refractivity contribution in [3.63, 3.8) is 0 Å². The Kier molecular flexibility index (Phi) is 7.39. The number of hydrogen-bond acceptors (Lipinski definition) is 3. The van der Waals surface area contributed by atoms with Crippen molar-refractivity contribution in [1.82, 2.24) is 14.5 Å². The summed E-state index contributed by atoms with van der Waals surface area (Å²) in [5.41, 5.74) is 2.58. The van der Waals surface area contributed by atoms with Crippen molar-refractivity contribution < 1.29 is 9.18 Å². The maximum atomic E-state index is 13.7. The summed E-state index contributed by atoms with van der Waals surface area (Å²) in [6.07, 6.45) is 2.63. The van der Waals surface area contributed by atoms with Crippen LogP contribution >= 0.6 is 0 Å². The number of fused-ring (bicyclic) bond motifs is 1. The number of aromatic nitrogens is 2. The zero-order chi connectivity index (χ0) is 24.9. The Balaban J connectivity index is 1.86. The van der Waals surface area contributed by atoms with E-state index in [1.807, 2.05) is 37.3 Å². The molecule has 0 saturated heterocycles. The van der Waals surface area contributed by atoms with Gasteiger partial charge in [-0.2, -0.15) is 0 Å². The van der Waals surface area contributed by atoms with Crippen LogP contribution < -0.4 is 5.56 Å². The first kappa shape index (κ1) is 24.3. The monoisotopic (exact) mass is 471 g/mol. The van der Waals surface area contributed by atoms with Gasteiger partial charge in [-0.05, 0) is 73.9 Å². The predicted octanol–water partition coefficient (Wildman–Crippen LogP) is 6.09. The first-order valence-electron chi connectivity index (χ1n) is 12.1. The van der Waals surface area contributed by atoms with Crippen LogP contribution in [0.3, 0.4) is 0 Å². The van der Waals surface area contributed by atoms with Gasteiger partial charge in [0, 0.05) is 12.1 Å². The van der Waals surface area contributed by atoms with Gasteiger partial charge in [0.15, 0.2) is 0 Å². The van der Waals surface area contributed by atoms with E-state index in [9.17, 15) is 14.0 Å². The van der Waals surface area contributed by atoms with Gasteiger partial charge in [0.1, 0.15) is 11.6 Å². The molecule has 0 bridgehead atoms. The van der Waals surface area contributed by atoms with Crippen LogP contribution in [-0.4, -0.2) is 26.9 Å². The minimum Gasteiger partial charge on any atom is -0.329 e. The minimum atomic E-state index is -0.498. The summed E-state index contributed by atoms with van der Waals surface area (Å²) in [6, 6.07) is 20.1. The number of unbranched alkanes of at least 4 members (excludes halogenated alkanes) is 1. The Morgan fingerprint density at radius 3 is 2.34 bits per heavy atom. The molecule has 5 nitrogen and oxygen atoms in total. The Morgan fingerprint density at radius 2 is 1.69 bits per heavy atom. The third-order valence-electron chi connectivity index (χ3n) is 6.35. The van der Waals surface area contributed by atoms with Crippen molar-refractivity contribution >= 4 is 16.8 Å². The molecular weight excluding hydrogens is 441 g/mol. The van der Waals surface area contributed by atoms with Gasteiger partial charge in [0.2, 0.25) is 0 Å². The van der Waals surface area contributed by atoms with Crippen molar-refractivity contribution in [2.24, 2.45) is 0 Å². The molecule has 35 heavy (non-hydrogen) atoms. The molecule has 0 saturated carbocycles. The highest BCUT2D eigenvalue weighted by molar-refractivity contribution is 5.94. The molecule has 0 aliphatic carbocycles. The number of nitrogens with zero attached hydrogens (tertiary/aromatic N) is 3. The third kappa shape index (κ3) is 5.02. The van der Waals surface area contributed by atoms with E-state index < -0.39 is 6.04 Å². The van der Waals surface area contributed by atoms with Crippen molar-refractivity contribution in [3.05, 3.63) is 106 Å². The molecule has 1 amide bonds. The van der Waals surface area contributed by atoms with Gasteiger partial charge in [0.25, 0.3) is 11.5 Å². The number of halogens is 1. The lowest BCUT2D eigenvalue weighted by atomic mass is 10.1. The predicted molar refractivity (Wildman–Crippen MR) is 137 cm³/mol. The summed E-state index contributed by atoms with van der Waals surface area (Å²) in [5, 5.41) is 0.467. The van der Waals surface area contributed by atoms with Gasteiger partial charge >= 0.3 is 0 Å². The molecule has 1 unspecified atom stereocenters. The smallest absolute Gasteiger partial charge is 0.266 e. The molecule has 0 radical (unpaired) electrons. The second-order valence-electron chi connectivity index (χ2n) is 8.68. The number of carbonyl (C=O) groups is 1. The molecular formula is C29H30FN3O2. The lowest BCUT2D eigenvalue weighted by Gasteiger charge is -2.31. The first-order valence-corrected chi connectivity index (χ1v) is 12.1. The van der Waals surface area contributed by atoms with Gasteiger partial charge in [-0.1, -0.05) is 44.5 Å². The molecule has 1 aromatic heterocycles. The zero-order valence-corrected chi connectivity index (χ0v) is 20.4. The Morgan fingerprint density at radius 1 is 1.00 bits per heavy atom. The zero-order valence-electron chi connectivity index (χ0n) is 20.4. The highest BCUT2D eigenvalue weighted by Gasteiger charge is 2.27. The molecule has 4 aromatic rings. The van der Waals surface area contributed by atoms with E-state index >= 15 is 0 Å². The standard InChI is InChI=1S/C29H30FN3O2/c1-4-6-19-32(28(34)22-13-11-21(5-2)12-14-22)20(3)27-31-26-10-8-7-9-25(26)29(35)33(27)24-17-15-23(30)16-18-24/h7-18,20H,4-6,19H2,1-3H3. The van der Waals surface area contributed by atoms with Crippen molar-refractivity contribution in [2.75, 3.05) is 6.54 Å². The normalized spacial score (nSPS) is 12.0. The lowest BCUT2D eigenvalue weighted by molar-refractivity contribution is 0.0678. The van der Waals surface area contributed by atoms with E-state index in [-0.39, 0.29) is 17.3 Å². The molecule has 0 aliphatic rings. The van der Waals surface area contributed by atoms with Crippen LogP contribution in [-0.2, 0) is 6.42 Å². The molecule has 3 aromatic carbocycles. The maximum absolute atomic E-state index is 13.7. The van der Waals surface area contributed by atoms with Gasteiger partial charge in [-0.3, -0.25) is 14.2 Å². The van der Waals surface area contributed by atoms with Crippen molar-refractivity contribution in [3.8, 4) is 5.69 Å². The molecule has 1 heterocycles. The van der Waals surface area contributed by atoms with Crippen LogP contribution in [0.5, 0.6) is 0 Å². The fourth-order valence-electron chi connectivity index (χ4n) is 4.26. The van der Waals surface area contributed by atoms with Gasteiger partial charge in [0.05, 0.1) is 22.6 Å². The highest BCUT2D eigenvalue weighted by atomic mass is 19.1. The summed E-state index contributed by atoms with van der Waals surface area (Å²) < 4.78 is 15.2.